The maximum absolute atomic E-state index is 12.3. The molecule has 0 amide bonds. The molecular weight excluding hydrogens is 280 g/mol. The molecule has 110 valence electrons. The van der Waals surface area contributed by atoms with Gasteiger partial charge in [0.25, 0.3) is 0 Å². The van der Waals surface area contributed by atoms with Gasteiger partial charge in [0, 0.05) is 11.6 Å². The third-order valence-corrected chi connectivity index (χ3v) is 3.05. The molecule has 0 aromatic heterocycles. The first-order valence-electron chi connectivity index (χ1n) is 6.62. The van der Waals surface area contributed by atoms with Crippen molar-refractivity contribution in [2.45, 2.75) is 0 Å². The van der Waals surface area contributed by atoms with Crippen molar-refractivity contribution in [2.75, 3.05) is 7.11 Å². The van der Waals surface area contributed by atoms with Gasteiger partial charge in [0.15, 0.2) is 0 Å². The van der Waals surface area contributed by atoms with Crippen LogP contribution in [-0.4, -0.2) is 24.6 Å². The van der Waals surface area contributed by atoms with E-state index in [1.807, 2.05) is 30.3 Å². The predicted molar refractivity (Wildman–Crippen MR) is 82.4 cm³/mol. The van der Waals surface area contributed by atoms with Gasteiger partial charge in [-0.05, 0) is 17.2 Å². The molecule has 2 rings (SSSR count). The highest BCUT2D eigenvalue weighted by molar-refractivity contribution is 6.48. The quantitative estimate of drug-likeness (QED) is 0.368. The summed E-state index contributed by atoms with van der Waals surface area (Å²) in [6.45, 7) is 0. The average Bonchev–Trinajstić information content (AvgIpc) is 2.59. The Morgan fingerprint density at radius 1 is 0.864 bits per heavy atom. The monoisotopic (exact) mass is 294 g/mol. The number of ether oxygens (including phenoxy) is 1. The number of hydrogen-bond donors (Lipinski definition) is 0. The van der Waals surface area contributed by atoms with Crippen LogP contribution in [0.5, 0.6) is 0 Å². The number of hydrogen-bond acceptors (Lipinski definition) is 4. The van der Waals surface area contributed by atoms with E-state index >= 15 is 0 Å². The van der Waals surface area contributed by atoms with Crippen molar-refractivity contribution in [3.8, 4) is 11.1 Å². The van der Waals surface area contributed by atoms with Crippen molar-refractivity contribution in [2.24, 2.45) is 0 Å². The Kier molecular flexibility index (Phi) is 4.98. The fraction of sp³-hybridized carbons (Fsp3) is 0.0556. The van der Waals surface area contributed by atoms with Gasteiger partial charge < -0.3 is 4.74 Å². The van der Waals surface area contributed by atoms with Crippen molar-refractivity contribution in [3.05, 3.63) is 72.3 Å². The van der Waals surface area contributed by atoms with Gasteiger partial charge in [-0.3, -0.25) is 9.59 Å². The molecule has 22 heavy (non-hydrogen) atoms. The Bertz CT molecular complexity index is 730. The van der Waals surface area contributed by atoms with Crippen LogP contribution in [0.15, 0.2) is 66.7 Å². The number of benzene rings is 2. The van der Waals surface area contributed by atoms with E-state index in [0.29, 0.717) is 11.1 Å². The normalized spacial score (nSPS) is 10.4. The van der Waals surface area contributed by atoms with E-state index in [4.69, 9.17) is 0 Å². The number of esters is 1. The summed E-state index contributed by atoms with van der Waals surface area (Å²) in [6.07, 6.45) is 1.86. The van der Waals surface area contributed by atoms with Gasteiger partial charge in [-0.2, -0.15) is 0 Å². The highest BCUT2D eigenvalue weighted by Crippen LogP contribution is 2.23. The first-order valence-corrected chi connectivity index (χ1v) is 6.62. The van der Waals surface area contributed by atoms with E-state index in [1.165, 1.54) is 7.11 Å². The zero-order valence-electron chi connectivity index (χ0n) is 12.0. The van der Waals surface area contributed by atoms with Crippen molar-refractivity contribution in [1.82, 2.24) is 0 Å². The molecule has 0 aliphatic carbocycles. The lowest BCUT2D eigenvalue weighted by atomic mass is 9.95. The minimum atomic E-state index is -0.770. The van der Waals surface area contributed by atoms with E-state index in [-0.39, 0.29) is 0 Å². The standard InChI is InChI=1S/C18H14O4/c1-22-17(20)12-11-16(19)18(21)15-10-6-5-9-14(15)13-7-3-2-4-8-13/h2-12H,1H3/b12-11+. The van der Waals surface area contributed by atoms with Crippen LogP contribution in [0.1, 0.15) is 10.4 Å². The van der Waals surface area contributed by atoms with Crippen LogP contribution in [0.4, 0.5) is 0 Å². The molecule has 0 aliphatic rings. The molecule has 0 atom stereocenters. The number of ketones is 2. The zero-order valence-corrected chi connectivity index (χ0v) is 12.0. The lowest BCUT2D eigenvalue weighted by molar-refractivity contribution is -0.135. The second kappa shape index (κ2) is 7.13. The summed E-state index contributed by atoms with van der Waals surface area (Å²) in [4.78, 5) is 35.2. The first kappa shape index (κ1) is 15.4. The molecule has 0 heterocycles. The largest absolute Gasteiger partial charge is 0.466 e. The molecule has 0 aliphatic heterocycles. The van der Waals surface area contributed by atoms with Crippen molar-refractivity contribution >= 4 is 17.5 Å². The molecule has 2 aromatic carbocycles. The fourth-order valence-electron chi connectivity index (χ4n) is 1.97. The van der Waals surface area contributed by atoms with Gasteiger partial charge >= 0.3 is 5.97 Å². The summed E-state index contributed by atoms with van der Waals surface area (Å²) in [6, 6.07) is 16.2. The summed E-state index contributed by atoms with van der Waals surface area (Å²) < 4.78 is 4.39. The average molecular weight is 294 g/mol. The Morgan fingerprint density at radius 2 is 1.50 bits per heavy atom. The predicted octanol–water partition coefficient (Wildman–Crippen LogP) is 2.83. The maximum atomic E-state index is 12.3. The molecule has 4 heteroatoms. The summed E-state index contributed by atoms with van der Waals surface area (Å²) in [5, 5.41) is 0. The van der Waals surface area contributed by atoms with Crippen LogP contribution < -0.4 is 0 Å². The molecule has 0 radical (unpaired) electrons. The van der Waals surface area contributed by atoms with Crippen molar-refractivity contribution < 1.29 is 19.1 Å². The van der Waals surface area contributed by atoms with Crippen molar-refractivity contribution in [1.29, 1.82) is 0 Å². The van der Waals surface area contributed by atoms with E-state index in [9.17, 15) is 14.4 Å². The van der Waals surface area contributed by atoms with Gasteiger partial charge in [0.2, 0.25) is 11.6 Å². The first-order chi connectivity index (χ1) is 10.6. The van der Waals surface area contributed by atoms with Crippen LogP contribution in [0, 0.1) is 0 Å². The lowest BCUT2D eigenvalue weighted by Gasteiger charge is -2.07. The highest BCUT2D eigenvalue weighted by Gasteiger charge is 2.18. The third kappa shape index (κ3) is 3.55. The molecular formula is C18H14O4. The third-order valence-electron chi connectivity index (χ3n) is 3.05. The summed E-state index contributed by atoms with van der Waals surface area (Å²) >= 11 is 0. The highest BCUT2D eigenvalue weighted by atomic mass is 16.5. The number of methoxy groups -OCH3 is 1. The summed E-state index contributed by atoms with van der Waals surface area (Å²) in [5.74, 6) is -2.12. The Morgan fingerprint density at radius 3 is 2.18 bits per heavy atom. The summed E-state index contributed by atoms with van der Waals surface area (Å²) in [5.41, 5.74) is 1.82. The molecule has 0 unspecified atom stereocenters. The van der Waals surface area contributed by atoms with Gasteiger partial charge in [-0.1, -0.05) is 54.6 Å². The fourth-order valence-corrected chi connectivity index (χ4v) is 1.97. The summed E-state index contributed by atoms with van der Waals surface area (Å²) in [7, 11) is 1.20. The smallest absolute Gasteiger partial charge is 0.330 e. The van der Waals surface area contributed by atoms with Gasteiger partial charge in [0.05, 0.1) is 7.11 Å². The molecule has 0 saturated heterocycles. The number of rotatable bonds is 5. The second-order valence-electron chi connectivity index (χ2n) is 4.46. The number of carbonyl (C=O) groups is 3. The minimum absolute atomic E-state index is 0.299. The number of allylic oxidation sites excluding steroid dienone is 1. The number of carbonyl (C=O) groups excluding carboxylic acids is 3. The second-order valence-corrected chi connectivity index (χ2v) is 4.46. The SMILES string of the molecule is COC(=O)/C=C/C(=O)C(=O)c1ccccc1-c1ccccc1. The van der Waals surface area contributed by atoms with Gasteiger partial charge in [-0.25, -0.2) is 4.79 Å². The van der Waals surface area contributed by atoms with E-state index < -0.39 is 17.5 Å². The van der Waals surface area contributed by atoms with Crippen LogP contribution >= 0.6 is 0 Å². The lowest BCUT2D eigenvalue weighted by Crippen LogP contribution is -2.13. The molecule has 0 fully saturated rings. The van der Waals surface area contributed by atoms with Crippen LogP contribution in [0.3, 0.4) is 0 Å². The molecule has 0 spiro atoms. The molecule has 0 saturated carbocycles. The molecule has 4 nitrogen and oxygen atoms in total. The van der Waals surface area contributed by atoms with Crippen molar-refractivity contribution in [3.63, 3.8) is 0 Å². The van der Waals surface area contributed by atoms with Gasteiger partial charge in [0.1, 0.15) is 0 Å². The zero-order chi connectivity index (χ0) is 15.9. The van der Waals surface area contributed by atoms with Gasteiger partial charge in [-0.15, -0.1) is 0 Å². The number of Topliss-reactive ketones (excluding diaryl/α,β-unsaturated/α-hetero) is 1. The van der Waals surface area contributed by atoms with Crippen LogP contribution in [-0.2, 0) is 14.3 Å². The molecule has 0 N–H and O–H groups in total. The van der Waals surface area contributed by atoms with Crippen LogP contribution in [0.25, 0.3) is 11.1 Å². The molecule has 2 aromatic rings. The van der Waals surface area contributed by atoms with Crippen LogP contribution in [0.2, 0.25) is 0 Å². The van der Waals surface area contributed by atoms with E-state index in [1.54, 1.807) is 24.3 Å². The minimum Gasteiger partial charge on any atom is -0.466 e. The Labute approximate surface area is 128 Å². The Balaban J connectivity index is 2.33. The van der Waals surface area contributed by atoms with E-state index in [0.717, 1.165) is 17.7 Å². The molecule has 0 bridgehead atoms. The topological polar surface area (TPSA) is 60.4 Å². The Hall–Kier alpha value is -3.01. The van der Waals surface area contributed by atoms with E-state index in [2.05, 4.69) is 4.74 Å². The maximum Gasteiger partial charge on any atom is 0.330 e.